The van der Waals surface area contributed by atoms with Crippen molar-refractivity contribution >= 4 is 0 Å². The van der Waals surface area contributed by atoms with Gasteiger partial charge in [0, 0.05) is 5.56 Å². The van der Waals surface area contributed by atoms with Gasteiger partial charge in [-0.05, 0) is 36.1 Å². The van der Waals surface area contributed by atoms with Crippen molar-refractivity contribution in [3.8, 4) is 11.1 Å². The summed E-state index contributed by atoms with van der Waals surface area (Å²) in [7, 11) is 0. The van der Waals surface area contributed by atoms with E-state index in [1.165, 1.54) is 12.1 Å². The third kappa shape index (κ3) is 2.76. The molecule has 0 fully saturated rings. The second-order valence-corrected chi connectivity index (χ2v) is 4.39. The molecule has 0 heterocycles. The van der Waals surface area contributed by atoms with Crippen LogP contribution in [0, 0.1) is 11.6 Å². The predicted molar refractivity (Wildman–Crippen MR) is 70.4 cm³/mol. The van der Waals surface area contributed by atoms with Crippen LogP contribution in [-0.4, -0.2) is 0 Å². The lowest BCUT2D eigenvalue weighted by atomic mass is 10.0. The first-order valence-corrected chi connectivity index (χ1v) is 6.25. The van der Waals surface area contributed by atoms with E-state index in [4.69, 9.17) is 0 Å². The SMILES string of the molecule is CCCCc1ccc(-c2ccccc2F)cc1F. The van der Waals surface area contributed by atoms with Gasteiger partial charge in [-0.2, -0.15) is 0 Å². The van der Waals surface area contributed by atoms with Crippen LogP contribution >= 0.6 is 0 Å². The molecule has 0 atom stereocenters. The lowest BCUT2D eigenvalue weighted by Gasteiger charge is -2.07. The van der Waals surface area contributed by atoms with Gasteiger partial charge in [0.25, 0.3) is 0 Å². The van der Waals surface area contributed by atoms with Crippen LogP contribution in [0.15, 0.2) is 42.5 Å². The molecule has 0 nitrogen and oxygen atoms in total. The van der Waals surface area contributed by atoms with Crippen LogP contribution in [0.25, 0.3) is 11.1 Å². The fourth-order valence-electron chi connectivity index (χ4n) is 1.98. The largest absolute Gasteiger partial charge is 0.207 e. The van der Waals surface area contributed by atoms with E-state index in [0.29, 0.717) is 16.7 Å². The monoisotopic (exact) mass is 246 g/mol. The number of rotatable bonds is 4. The Balaban J connectivity index is 2.32. The maximum atomic E-state index is 13.9. The number of benzene rings is 2. The second-order valence-electron chi connectivity index (χ2n) is 4.39. The number of halogens is 2. The van der Waals surface area contributed by atoms with Crippen LogP contribution in [0.1, 0.15) is 25.3 Å². The Morgan fingerprint density at radius 1 is 0.944 bits per heavy atom. The van der Waals surface area contributed by atoms with Gasteiger partial charge < -0.3 is 0 Å². The third-order valence-electron chi connectivity index (χ3n) is 3.04. The summed E-state index contributed by atoms with van der Waals surface area (Å²) >= 11 is 0. The summed E-state index contributed by atoms with van der Waals surface area (Å²) in [6.07, 6.45) is 2.74. The highest BCUT2D eigenvalue weighted by molar-refractivity contribution is 5.64. The highest BCUT2D eigenvalue weighted by Gasteiger charge is 2.07. The molecule has 0 amide bonds. The molecule has 2 aromatic carbocycles. The van der Waals surface area contributed by atoms with Crippen LogP contribution < -0.4 is 0 Å². The lowest BCUT2D eigenvalue weighted by molar-refractivity contribution is 0.603. The Kier molecular flexibility index (Phi) is 4.08. The molecule has 2 heteroatoms. The van der Waals surface area contributed by atoms with Crippen LogP contribution in [0.2, 0.25) is 0 Å². The molecular weight excluding hydrogens is 230 g/mol. The molecular formula is C16H16F2. The first-order valence-electron chi connectivity index (χ1n) is 6.25. The van der Waals surface area contributed by atoms with E-state index in [0.717, 1.165) is 19.3 Å². The highest BCUT2D eigenvalue weighted by atomic mass is 19.1. The van der Waals surface area contributed by atoms with Crippen LogP contribution in [-0.2, 0) is 6.42 Å². The quantitative estimate of drug-likeness (QED) is 0.714. The molecule has 0 aliphatic rings. The van der Waals surface area contributed by atoms with E-state index in [1.807, 2.05) is 0 Å². The van der Waals surface area contributed by atoms with E-state index in [-0.39, 0.29) is 11.6 Å². The predicted octanol–water partition coefficient (Wildman–Crippen LogP) is 4.97. The average Bonchev–Trinajstić information content (AvgIpc) is 2.38. The second kappa shape index (κ2) is 5.76. The zero-order valence-corrected chi connectivity index (χ0v) is 10.4. The van der Waals surface area contributed by atoms with Crippen LogP contribution in [0.3, 0.4) is 0 Å². The van der Waals surface area contributed by atoms with E-state index in [2.05, 4.69) is 6.92 Å². The minimum absolute atomic E-state index is 0.246. The van der Waals surface area contributed by atoms with Crippen molar-refractivity contribution < 1.29 is 8.78 Å². The van der Waals surface area contributed by atoms with Gasteiger partial charge >= 0.3 is 0 Å². The smallest absolute Gasteiger partial charge is 0.131 e. The number of aryl methyl sites for hydroxylation is 1. The molecule has 0 aliphatic heterocycles. The zero-order valence-electron chi connectivity index (χ0n) is 10.4. The first-order chi connectivity index (χ1) is 8.72. The summed E-state index contributed by atoms with van der Waals surface area (Å²) < 4.78 is 27.5. The Hall–Kier alpha value is -1.70. The molecule has 0 radical (unpaired) electrons. The maximum Gasteiger partial charge on any atom is 0.131 e. The van der Waals surface area contributed by atoms with E-state index in [1.54, 1.807) is 30.3 Å². The minimum Gasteiger partial charge on any atom is -0.207 e. The van der Waals surface area contributed by atoms with Crippen LogP contribution in [0.4, 0.5) is 8.78 Å². The van der Waals surface area contributed by atoms with Crippen molar-refractivity contribution in [2.24, 2.45) is 0 Å². The number of hydrogen-bond donors (Lipinski definition) is 0. The van der Waals surface area contributed by atoms with E-state index in [9.17, 15) is 8.78 Å². The Bertz CT molecular complexity index is 532. The number of hydrogen-bond acceptors (Lipinski definition) is 0. The van der Waals surface area contributed by atoms with Gasteiger partial charge in [-0.3, -0.25) is 0 Å². The molecule has 0 spiro atoms. The molecule has 0 saturated heterocycles. The molecule has 0 unspecified atom stereocenters. The average molecular weight is 246 g/mol. The van der Waals surface area contributed by atoms with Crippen molar-refractivity contribution in [2.45, 2.75) is 26.2 Å². The molecule has 0 saturated carbocycles. The Morgan fingerprint density at radius 3 is 2.39 bits per heavy atom. The number of unbranched alkanes of at least 4 members (excludes halogenated alkanes) is 1. The van der Waals surface area contributed by atoms with Gasteiger partial charge in [-0.25, -0.2) is 8.78 Å². The fraction of sp³-hybridized carbons (Fsp3) is 0.250. The van der Waals surface area contributed by atoms with Gasteiger partial charge in [0.05, 0.1) is 0 Å². The topological polar surface area (TPSA) is 0 Å². The zero-order chi connectivity index (χ0) is 13.0. The van der Waals surface area contributed by atoms with Crippen molar-refractivity contribution in [2.75, 3.05) is 0 Å². The Labute approximate surface area is 106 Å². The van der Waals surface area contributed by atoms with Gasteiger partial charge in [0.2, 0.25) is 0 Å². The third-order valence-corrected chi connectivity index (χ3v) is 3.04. The standard InChI is InChI=1S/C16H16F2/c1-2-3-6-12-9-10-13(11-16(12)18)14-7-4-5-8-15(14)17/h4-5,7-11H,2-3,6H2,1H3. The van der Waals surface area contributed by atoms with E-state index >= 15 is 0 Å². The maximum absolute atomic E-state index is 13.9. The summed E-state index contributed by atoms with van der Waals surface area (Å²) in [4.78, 5) is 0. The molecule has 18 heavy (non-hydrogen) atoms. The summed E-state index contributed by atoms with van der Waals surface area (Å²) in [5, 5.41) is 0. The van der Waals surface area contributed by atoms with Crippen molar-refractivity contribution in [1.29, 1.82) is 0 Å². The molecule has 94 valence electrons. The van der Waals surface area contributed by atoms with Gasteiger partial charge in [0.15, 0.2) is 0 Å². The van der Waals surface area contributed by atoms with Crippen molar-refractivity contribution in [3.63, 3.8) is 0 Å². The lowest BCUT2D eigenvalue weighted by Crippen LogP contribution is -1.92. The Morgan fingerprint density at radius 2 is 1.72 bits per heavy atom. The molecule has 2 aromatic rings. The summed E-state index contributed by atoms with van der Waals surface area (Å²) in [6, 6.07) is 11.4. The van der Waals surface area contributed by atoms with Gasteiger partial charge in [-0.15, -0.1) is 0 Å². The summed E-state index contributed by atoms with van der Waals surface area (Å²) in [5.74, 6) is -0.567. The first kappa shape index (κ1) is 12.7. The van der Waals surface area contributed by atoms with Crippen LogP contribution in [0.5, 0.6) is 0 Å². The molecule has 0 aromatic heterocycles. The summed E-state index contributed by atoms with van der Waals surface area (Å²) in [6.45, 7) is 2.08. The van der Waals surface area contributed by atoms with Gasteiger partial charge in [-0.1, -0.05) is 43.7 Å². The summed E-state index contributed by atoms with van der Waals surface area (Å²) in [5.41, 5.74) is 1.74. The molecule has 2 rings (SSSR count). The normalized spacial score (nSPS) is 10.6. The van der Waals surface area contributed by atoms with Crippen molar-refractivity contribution in [3.05, 3.63) is 59.7 Å². The van der Waals surface area contributed by atoms with E-state index < -0.39 is 0 Å². The minimum atomic E-state index is -0.321. The fourth-order valence-corrected chi connectivity index (χ4v) is 1.98. The molecule has 0 aliphatic carbocycles. The van der Waals surface area contributed by atoms with Crippen molar-refractivity contribution in [1.82, 2.24) is 0 Å². The molecule has 0 bridgehead atoms. The highest BCUT2D eigenvalue weighted by Crippen LogP contribution is 2.25. The molecule has 0 N–H and O–H groups in total. The van der Waals surface area contributed by atoms with Gasteiger partial charge in [0.1, 0.15) is 11.6 Å².